The molecule has 7 nitrogen and oxygen atoms in total. The zero-order valence-corrected chi connectivity index (χ0v) is 14.9. The van der Waals surface area contributed by atoms with E-state index in [1.807, 2.05) is 0 Å². The van der Waals surface area contributed by atoms with Gasteiger partial charge in [0.05, 0.1) is 5.69 Å². The summed E-state index contributed by atoms with van der Waals surface area (Å²) in [4.78, 5) is 24.8. The Morgan fingerprint density at radius 2 is 2.03 bits per heavy atom. The Morgan fingerprint density at radius 1 is 1.21 bits per heavy atom. The normalized spacial score (nSPS) is 15.7. The molecular weight excluding hydrogens is 384 g/mol. The van der Waals surface area contributed by atoms with Crippen molar-refractivity contribution < 1.29 is 27.6 Å². The number of nitrogens with one attached hydrogen (secondary N) is 2. The molecule has 0 spiro atoms. The van der Waals surface area contributed by atoms with E-state index < -0.39 is 29.5 Å². The van der Waals surface area contributed by atoms with Crippen LogP contribution in [-0.2, 0) is 11.2 Å². The van der Waals surface area contributed by atoms with Crippen LogP contribution in [0.15, 0.2) is 53.1 Å². The van der Waals surface area contributed by atoms with Gasteiger partial charge in [0.15, 0.2) is 17.3 Å². The van der Waals surface area contributed by atoms with Crippen molar-refractivity contribution >= 4 is 17.5 Å². The number of aromatic nitrogens is 1. The van der Waals surface area contributed by atoms with Crippen LogP contribution in [-0.4, -0.2) is 29.6 Å². The molecule has 0 radical (unpaired) electrons. The van der Waals surface area contributed by atoms with Crippen LogP contribution in [0.2, 0.25) is 0 Å². The van der Waals surface area contributed by atoms with Gasteiger partial charge < -0.3 is 19.9 Å². The minimum Gasteiger partial charge on any atom is -0.489 e. The van der Waals surface area contributed by atoms with Gasteiger partial charge in [-0.05, 0) is 23.8 Å². The SMILES string of the molecule is O=C(N[C@H]1COc2ccccc2NC1=O)c1cc(Cc2cccc(F)c2F)on1. The number of amides is 2. The molecule has 0 saturated carbocycles. The molecule has 29 heavy (non-hydrogen) atoms. The molecule has 0 saturated heterocycles. The van der Waals surface area contributed by atoms with E-state index in [0.29, 0.717) is 11.4 Å². The number of carbonyl (C=O) groups is 2. The van der Waals surface area contributed by atoms with Gasteiger partial charge in [0.2, 0.25) is 0 Å². The minimum absolute atomic E-state index is 0.0617. The summed E-state index contributed by atoms with van der Waals surface area (Å²) in [6.07, 6.45) is -0.0772. The Kier molecular flexibility index (Phi) is 4.94. The summed E-state index contributed by atoms with van der Waals surface area (Å²) in [6, 6.07) is 11.1. The lowest BCUT2D eigenvalue weighted by molar-refractivity contribution is -0.118. The first-order valence-corrected chi connectivity index (χ1v) is 8.73. The molecule has 1 aliphatic heterocycles. The van der Waals surface area contributed by atoms with Gasteiger partial charge in [-0.1, -0.05) is 29.4 Å². The maximum atomic E-state index is 13.8. The summed E-state index contributed by atoms with van der Waals surface area (Å²) in [5.74, 6) is -2.38. The van der Waals surface area contributed by atoms with Crippen LogP contribution in [0.5, 0.6) is 5.75 Å². The molecule has 3 aromatic rings. The number of anilines is 1. The Bertz CT molecular complexity index is 1080. The Morgan fingerprint density at radius 3 is 2.90 bits per heavy atom. The van der Waals surface area contributed by atoms with E-state index in [1.54, 1.807) is 24.3 Å². The second kappa shape index (κ2) is 7.70. The molecular formula is C20H15F2N3O4. The first kappa shape index (κ1) is 18.6. The van der Waals surface area contributed by atoms with Gasteiger partial charge >= 0.3 is 0 Å². The third kappa shape index (κ3) is 3.93. The third-order valence-corrected chi connectivity index (χ3v) is 4.36. The highest BCUT2D eigenvalue weighted by Crippen LogP contribution is 2.26. The lowest BCUT2D eigenvalue weighted by Gasteiger charge is -2.13. The lowest BCUT2D eigenvalue weighted by atomic mass is 10.1. The van der Waals surface area contributed by atoms with Gasteiger partial charge in [-0.25, -0.2) is 8.78 Å². The fourth-order valence-electron chi connectivity index (χ4n) is 2.88. The number of halogens is 2. The maximum absolute atomic E-state index is 13.8. The monoisotopic (exact) mass is 399 g/mol. The number of carbonyl (C=O) groups excluding carboxylic acids is 2. The van der Waals surface area contributed by atoms with E-state index >= 15 is 0 Å². The summed E-state index contributed by atoms with van der Waals surface area (Å²) in [6.45, 7) is -0.0617. The van der Waals surface area contributed by atoms with Gasteiger partial charge in [-0.15, -0.1) is 0 Å². The van der Waals surface area contributed by atoms with E-state index in [4.69, 9.17) is 9.26 Å². The molecule has 4 rings (SSSR count). The van der Waals surface area contributed by atoms with Crippen molar-refractivity contribution in [3.63, 3.8) is 0 Å². The van der Waals surface area contributed by atoms with Crippen molar-refractivity contribution in [2.24, 2.45) is 0 Å². The molecule has 0 bridgehead atoms. The van der Waals surface area contributed by atoms with Crippen LogP contribution in [0.1, 0.15) is 21.8 Å². The predicted molar refractivity (Wildman–Crippen MR) is 97.5 cm³/mol. The molecule has 2 N–H and O–H groups in total. The maximum Gasteiger partial charge on any atom is 0.274 e. The van der Waals surface area contributed by atoms with E-state index in [1.165, 1.54) is 18.2 Å². The number of rotatable bonds is 4. The summed E-state index contributed by atoms with van der Waals surface area (Å²) < 4.78 is 37.7. The van der Waals surface area contributed by atoms with Crippen LogP contribution >= 0.6 is 0 Å². The molecule has 1 aliphatic rings. The zero-order valence-electron chi connectivity index (χ0n) is 14.9. The van der Waals surface area contributed by atoms with Gasteiger partial charge in [-0.3, -0.25) is 9.59 Å². The predicted octanol–water partition coefficient (Wildman–Crippen LogP) is 2.67. The van der Waals surface area contributed by atoms with Gasteiger partial charge in [0, 0.05) is 12.5 Å². The topological polar surface area (TPSA) is 93.5 Å². The third-order valence-electron chi connectivity index (χ3n) is 4.36. The van der Waals surface area contributed by atoms with Gasteiger partial charge in [0.25, 0.3) is 11.8 Å². The van der Waals surface area contributed by atoms with E-state index in [-0.39, 0.29) is 30.0 Å². The van der Waals surface area contributed by atoms with Crippen LogP contribution in [0.3, 0.4) is 0 Å². The summed E-state index contributed by atoms with van der Waals surface area (Å²) in [5, 5.41) is 8.85. The fourth-order valence-corrected chi connectivity index (χ4v) is 2.88. The van der Waals surface area contributed by atoms with Crippen molar-refractivity contribution in [3.05, 3.63) is 77.2 Å². The van der Waals surface area contributed by atoms with Crippen LogP contribution in [0.4, 0.5) is 14.5 Å². The molecule has 0 unspecified atom stereocenters. The molecule has 9 heteroatoms. The summed E-state index contributed by atoms with van der Waals surface area (Å²) >= 11 is 0. The Hall–Kier alpha value is -3.75. The highest BCUT2D eigenvalue weighted by Gasteiger charge is 2.27. The summed E-state index contributed by atoms with van der Waals surface area (Å²) in [7, 11) is 0. The standard InChI is InChI=1S/C20H15F2N3O4/c21-13-5-3-4-11(18(13)22)8-12-9-15(25-29-12)19(26)24-16-10-28-17-7-2-1-6-14(17)23-20(16)27/h1-7,9,16H,8,10H2,(H,23,27)(H,24,26)/t16-/m0/s1. The zero-order chi connectivity index (χ0) is 20.4. The van der Waals surface area contributed by atoms with Crippen LogP contribution < -0.4 is 15.4 Å². The number of fused-ring (bicyclic) bond motifs is 1. The molecule has 148 valence electrons. The Labute approximate surface area is 163 Å². The molecule has 2 amide bonds. The minimum atomic E-state index is -0.984. The first-order chi connectivity index (χ1) is 14.0. The second-order valence-electron chi connectivity index (χ2n) is 6.39. The van der Waals surface area contributed by atoms with Crippen molar-refractivity contribution in [3.8, 4) is 5.75 Å². The highest BCUT2D eigenvalue weighted by atomic mass is 19.2. The number of benzene rings is 2. The average molecular weight is 399 g/mol. The number of hydrogen-bond acceptors (Lipinski definition) is 5. The van der Waals surface area contributed by atoms with E-state index in [0.717, 1.165) is 6.07 Å². The number of hydrogen-bond donors (Lipinski definition) is 2. The van der Waals surface area contributed by atoms with Gasteiger partial charge in [0.1, 0.15) is 24.2 Å². The summed E-state index contributed by atoms with van der Waals surface area (Å²) in [5.41, 5.74) is 0.490. The fraction of sp³-hybridized carbons (Fsp3) is 0.150. The Balaban J connectivity index is 1.43. The van der Waals surface area contributed by atoms with Crippen molar-refractivity contribution in [2.75, 3.05) is 11.9 Å². The van der Waals surface area contributed by atoms with Crippen molar-refractivity contribution in [1.82, 2.24) is 10.5 Å². The molecule has 0 fully saturated rings. The second-order valence-corrected chi connectivity index (χ2v) is 6.39. The number of nitrogens with zero attached hydrogens (tertiary/aromatic N) is 1. The van der Waals surface area contributed by atoms with Crippen molar-refractivity contribution in [1.29, 1.82) is 0 Å². The molecule has 2 aromatic carbocycles. The van der Waals surface area contributed by atoms with Crippen molar-refractivity contribution in [2.45, 2.75) is 12.5 Å². The molecule has 1 aromatic heterocycles. The van der Waals surface area contributed by atoms with Gasteiger partial charge in [-0.2, -0.15) is 0 Å². The quantitative estimate of drug-likeness (QED) is 0.704. The molecule has 1 atom stereocenters. The number of ether oxygens (including phenoxy) is 1. The van der Waals surface area contributed by atoms with E-state index in [2.05, 4.69) is 15.8 Å². The van der Waals surface area contributed by atoms with Crippen LogP contribution in [0, 0.1) is 11.6 Å². The first-order valence-electron chi connectivity index (χ1n) is 8.73. The molecule has 0 aliphatic carbocycles. The average Bonchev–Trinajstić information content (AvgIpc) is 3.12. The van der Waals surface area contributed by atoms with Crippen LogP contribution in [0.25, 0.3) is 0 Å². The highest BCUT2D eigenvalue weighted by molar-refractivity contribution is 6.01. The molecule has 2 heterocycles. The smallest absolute Gasteiger partial charge is 0.274 e. The lowest BCUT2D eigenvalue weighted by Crippen LogP contribution is -2.46. The largest absolute Gasteiger partial charge is 0.489 e. The number of para-hydroxylation sites is 2. The van der Waals surface area contributed by atoms with E-state index in [9.17, 15) is 18.4 Å².